The maximum absolute atomic E-state index is 12.8. The van der Waals surface area contributed by atoms with E-state index in [4.69, 9.17) is 5.73 Å². The van der Waals surface area contributed by atoms with E-state index in [-0.39, 0.29) is 22.5 Å². The van der Waals surface area contributed by atoms with Gasteiger partial charge in [-0.1, -0.05) is 24.3 Å². The van der Waals surface area contributed by atoms with Crippen molar-refractivity contribution in [3.8, 4) is 20.9 Å². The molecular weight excluding hydrogens is 631 g/mol. The van der Waals surface area contributed by atoms with Crippen molar-refractivity contribution in [1.29, 1.82) is 0 Å². The van der Waals surface area contributed by atoms with Crippen LogP contribution < -0.4 is 37.6 Å². The zero-order valence-electron chi connectivity index (χ0n) is 24.4. The van der Waals surface area contributed by atoms with E-state index in [1.54, 1.807) is 25.2 Å². The highest BCUT2D eigenvalue weighted by atomic mass is 32.1. The molecule has 0 radical (unpaired) electrons. The number of urea groups is 2. The number of nitrogens with one attached hydrogen (secondary N) is 6. The molecule has 2 heterocycles. The largest absolute Gasteiger partial charge is 0.416 e. The molecule has 238 valence electrons. The SMILES string of the molecule is CNC(=O)Nc1sc(-c2ccc(N)cc2)cc1C(=O)NC.CNC(=O)Nc1sc(-c2cccc(C(F)(F)F)c2)cc1C(=O)NC. The van der Waals surface area contributed by atoms with Crippen molar-refractivity contribution >= 4 is 62.2 Å². The van der Waals surface area contributed by atoms with E-state index in [0.717, 1.165) is 33.9 Å². The summed E-state index contributed by atoms with van der Waals surface area (Å²) in [6, 6.07) is 14.4. The lowest BCUT2D eigenvalue weighted by Gasteiger charge is -2.07. The minimum atomic E-state index is -4.46. The van der Waals surface area contributed by atoms with Gasteiger partial charge in [-0.3, -0.25) is 20.2 Å². The van der Waals surface area contributed by atoms with Gasteiger partial charge in [-0.25, -0.2) is 9.59 Å². The lowest BCUT2D eigenvalue weighted by atomic mass is 10.1. The van der Waals surface area contributed by atoms with Gasteiger partial charge in [0.15, 0.2) is 0 Å². The highest BCUT2D eigenvalue weighted by molar-refractivity contribution is 7.20. The molecule has 0 saturated heterocycles. The molecule has 0 spiro atoms. The van der Waals surface area contributed by atoms with Crippen LogP contribution in [0.15, 0.2) is 60.7 Å². The number of hydrogen-bond acceptors (Lipinski definition) is 7. The van der Waals surface area contributed by atoms with Gasteiger partial charge in [-0.05, 0) is 47.5 Å². The Hall–Kier alpha value is -5.09. The van der Waals surface area contributed by atoms with Crippen molar-refractivity contribution in [3.05, 3.63) is 77.4 Å². The highest BCUT2D eigenvalue weighted by Crippen LogP contribution is 2.38. The van der Waals surface area contributed by atoms with Gasteiger partial charge in [-0.15, -0.1) is 22.7 Å². The Kier molecular flexibility index (Phi) is 11.5. The molecule has 0 fully saturated rings. The van der Waals surface area contributed by atoms with E-state index in [0.29, 0.717) is 26.7 Å². The Morgan fingerprint density at radius 3 is 1.53 bits per heavy atom. The van der Waals surface area contributed by atoms with Crippen LogP contribution >= 0.6 is 22.7 Å². The molecule has 6 amide bonds. The van der Waals surface area contributed by atoms with Gasteiger partial charge >= 0.3 is 18.2 Å². The summed E-state index contributed by atoms with van der Waals surface area (Å²) in [6.45, 7) is 0. The smallest absolute Gasteiger partial charge is 0.399 e. The fourth-order valence-electron chi connectivity index (χ4n) is 3.69. The predicted molar refractivity (Wildman–Crippen MR) is 172 cm³/mol. The summed E-state index contributed by atoms with van der Waals surface area (Å²) in [5, 5.41) is 15.7. The van der Waals surface area contributed by atoms with E-state index in [1.165, 1.54) is 50.7 Å². The normalized spacial score (nSPS) is 10.6. The molecule has 0 aliphatic rings. The number of alkyl halides is 3. The van der Waals surface area contributed by atoms with Crippen LogP contribution in [0.2, 0.25) is 0 Å². The third kappa shape index (κ3) is 8.96. The Bertz CT molecular complexity index is 1690. The molecule has 0 aliphatic carbocycles. The number of nitrogens with two attached hydrogens (primary N) is 1. The van der Waals surface area contributed by atoms with Crippen molar-refractivity contribution in [2.24, 2.45) is 0 Å². The van der Waals surface area contributed by atoms with Crippen molar-refractivity contribution < 1.29 is 32.3 Å². The monoisotopic (exact) mass is 661 g/mol. The van der Waals surface area contributed by atoms with E-state index in [2.05, 4.69) is 31.9 Å². The molecular formula is C29H30F3N7O4S2. The van der Waals surface area contributed by atoms with Gasteiger partial charge in [0.2, 0.25) is 0 Å². The van der Waals surface area contributed by atoms with Crippen molar-refractivity contribution in [2.75, 3.05) is 44.6 Å². The van der Waals surface area contributed by atoms with Gasteiger partial charge in [0.1, 0.15) is 10.0 Å². The molecule has 4 rings (SSSR count). The number of hydrogen-bond donors (Lipinski definition) is 7. The van der Waals surface area contributed by atoms with Crippen LogP contribution in [-0.4, -0.2) is 52.1 Å². The molecule has 0 saturated carbocycles. The van der Waals surface area contributed by atoms with Gasteiger partial charge in [0.05, 0.1) is 16.7 Å². The number of thiophene rings is 2. The molecule has 0 atom stereocenters. The quantitative estimate of drug-likeness (QED) is 0.132. The number of benzene rings is 2. The van der Waals surface area contributed by atoms with Crippen LogP contribution in [-0.2, 0) is 6.18 Å². The Morgan fingerprint density at radius 1 is 0.644 bits per heavy atom. The molecule has 2 aromatic carbocycles. The second-order valence-electron chi connectivity index (χ2n) is 8.97. The number of anilines is 3. The summed E-state index contributed by atoms with van der Waals surface area (Å²) in [4.78, 5) is 48.1. The first-order valence-electron chi connectivity index (χ1n) is 13.0. The molecule has 0 aliphatic heterocycles. The number of rotatable bonds is 6. The average molecular weight is 662 g/mol. The second-order valence-corrected chi connectivity index (χ2v) is 11.1. The van der Waals surface area contributed by atoms with Crippen LogP contribution in [0.4, 0.5) is 38.4 Å². The summed E-state index contributed by atoms with van der Waals surface area (Å²) >= 11 is 2.35. The Labute approximate surface area is 264 Å². The zero-order chi connectivity index (χ0) is 33.3. The number of carbonyl (C=O) groups is 4. The Morgan fingerprint density at radius 2 is 1.11 bits per heavy atom. The van der Waals surface area contributed by atoms with Crippen molar-refractivity contribution in [1.82, 2.24) is 21.3 Å². The summed E-state index contributed by atoms with van der Waals surface area (Å²) < 4.78 is 38.5. The van der Waals surface area contributed by atoms with Gasteiger partial charge in [-0.2, -0.15) is 13.2 Å². The van der Waals surface area contributed by atoms with Gasteiger partial charge < -0.3 is 27.0 Å². The fraction of sp³-hybridized carbons (Fsp3) is 0.172. The molecule has 45 heavy (non-hydrogen) atoms. The molecule has 0 bridgehead atoms. The maximum atomic E-state index is 12.8. The second kappa shape index (κ2) is 15.1. The van der Waals surface area contributed by atoms with Crippen molar-refractivity contribution in [3.63, 3.8) is 0 Å². The van der Waals surface area contributed by atoms with Gasteiger partial charge in [0, 0.05) is 43.6 Å². The molecule has 2 aromatic heterocycles. The van der Waals surface area contributed by atoms with E-state index < -0.39 is 23.7 Å². The number of nitrogen functional groups attached to an aromatic ring is 1. The topological polar surface area (TPSA) is 166 Å². The number of carbonyl (C=O) groups excluding carboxylic acids is 4. The van der Waals surface area contributed by atoms with Crippen molar-refractivity contribution in [2.45, 2.75) is 6.18 Å². The molecule has 8 N–H and O–H groups in total. The summed E-state index contributed by atoms with van der Waals surface area (Å²) in [5.41, 5.74) is 7.41. The van der Waals surface area contributed by atoms with Crippen LogP contribution in [0, 0.1) is 0 Å². The molecule has 0 unspecified atom stereocenters. The Balaban J connectivity index is 0.000000248. The third-order valence-corrected chi connectivity index (χ3v) is 8.18. The lowest BCUT2D eigenvalue weighted by Crippen LogP contribution is -2.26. The molecule has 4 aromatic rings. The van der Waals surface area contributed by atoms with Crippen LogP contribution in [0.5, 0.6) is 0 Å². The van der Waals surface area contributed by atoms with Gasteiger partial charge in [0.25, 0.3) is 11.8 Å². The zero-order valence-corrected chi connectivity index (χ0v) is 26.1. The van der Waals surface area contributed by atoms with E-state index in [9.17, 15) is 32.3 Å². The standard InChI is InChI=1S/C15H14F3N3O2S.C14H16N4O2S/c1-19-12(22)10-7-11(24-13(10)21-14(23)20-2)8-4-3-5-9(6-8)15(16,17)18;1-16-12(19)10-7-11(8-3-5-9(15)6-4-8)21-13(10)18-14(20)17-2/h3-7H,1-2H3,(H,19,22)(H2,20,21,23);3-7H,15H2,1-2H3,(H,16,19)(H2,17,18,20). The lowest BCUT2D eigenvalue weighted by molar-refractivity contribution is -0.137. The van der Waals surface area contributed by atoms with Crippen LogP contribution in [0.1, 0.15) is 26.3 Å². The average Bonchev–Trinajstić information content (AvgIpc) is 3.65. The summed E-state index contributed by atoms with van der Waals surface area (Å²) in [7, 11) is 5.90. The van der Waals surface area contributed by atoms with E-state index >= 15 is 0 Å². The molecule has 16 heteroatoms. The van der Waals surface area contributed by atoms with Crippen LogP contribution in [0.25, 0.3) is 20.9 Å². The fourth-order valence-corrected chi connectivity index (χ4v) is 5.79. The minimum absolute atomic E-state index is 0.179. The summed E-state index contributed by atoms with van der Waals surface area (Å²) in [5.74, 6) is -0.699. The predicted octanol–water partition coefficient (Wildman–Crippen LogP) is 5.65. The molecule has 11 nitrogen and oxygen atoms in total. The maximum Gasteiger partial charge on any atom is 0.416 e. The third-order valence-electron chi connectivity index (χ3n) is 5.99. The first kappa shape index (κ1) is 34.4. The van der Waals surface area contributed by atoms with E-state index in [1.807, 2.05) is 12.1 Å². The van der Waals surface area contributed by atoms with Crippen LogP contribution in [0.3, 0.4) is 0 Å². The first-order chi connectivity index (χ1) is 21.3. The number of amides is 6. The first-order valence-corrected chi connectivity index (χ1v) is 14.7. The minimum Gasteiger partial charge on any atom is -0.399 e. The highest BCUT2D eigenvalue weighted by Gasteiger charge is 2.30. The number of halogens is 3. The summed E-state index contributed by atoms with van der Waals surface area (Å²) in [6.07, 6.45) is -4.46.